The highest BCUT2D eigenvalue weighted by molar-refractivity contribution is 5.94. The third-order valence-electron chi connectivity index (χ3n) is 6.36. The van der Waals surface area contributed by atoms with E-state index in [2.05, 4.69) is 33.8 Å². The third-order valence-corrected chi connectivity index (χ3v) is 6.36. The summed E-state index contributed by atoms with van der Waals surface area (Å²) in [5.41, 5.74) is 4.28. The van der Waals surface area contributed by atoms with Crippen LogP contribution in [-0.4, -0.2) is 45.9 Å². The third kappa shape index (κ3) is 7.42. The number of amides is 1. The summed E-state index contributed by atoms with van der Waals surface area (Å²) in [5.74, 6) is 0.752. The monoisotopic (exact) mass is 502 g/mol. The molecule has 7 heteroatoms. The number of ether oxygens (including phenoxy) is 1. The van der Waals surface area contributed by atoms with Gasteiger partial charge in [-0.2, -0.15) is 5.26 Å². The maximum atomic E-state index is 13.6. The van der Waals surface area contributed by atoms with Crippen molar-refractivity contribution in [2.45, 2.75) is 60.3 Å². The van der Waals surface area contributed by atoms with Crippen LogP contribution in [0.5, 0.6) is 0 Å². The average Bonchev–Trinajstić information content (AvgIpc) is 3.24. The van der Waals surface area contributed by atoms with Crippen LogP contribution in [0, 0.1) is 23.2 Å². The largest absolute Gasteiger partial charge is 0.466 e. The number of rotatable bonds is 12. The van der Waals surface area contributed by atoms with Crippen molar-refractivity contribution in [3.8, 4) is 17.3 Å². The first-order valence-electron chi connectivity index (χ1n) is 13.2. The van der Waals surface area contributed by atoms with E-state index in [0.29, 0.717) is 41.6 Å². The van der Waals surface area contributed by atoms with Crippen molar-refractivity contribution < 1.29 is 14.3 Å². The highest BCUT2D eigenvalue weighted by atomic mass is 16.5. The fraction of sp³-hybridized carbons (Fsp3) is 0.467. The molecule has 0 fully saturated rings. The summed E-state index contributed by atoms with van der Waals surface area (Å²) in [6.07, 6.45) is 4.36. The second-order valence-corrected chi connectivity index (χ2v) is 10.2. The second-order valence-electron chi connectivity index (χ2n) is 10.2. The van der Waals surface area contributed by atoms with Crippen LogP contribution >= 0.6 is 0 Å². The van der Waals surface area contributed by atoms with Gasteiger partial charge in [0.05, 0.1) is 41.6 Å². The minimum absolute atomic E-state index is 0.00756. The molecule has 0 aliphatic heterocycles. The first-order chi connectivity index (χ1) is 17.7. The highest BCUT2D eigenvalue weighted by Gasteiger charge is 2.20. The van der Waals surface area contributed by atoms with E-state index < -0.39 is 0 Å². The van der Waals surface area contributed by atoms with Gasteiger partial charge in [-0.15, -0.1) is 0 Å². The van der Waals surface area contributed by atoms with Crippen LogP contribution in [-0.2, 0) is 16.0 Å². The lowest BCUT2D eigenvalue weighted by atomic mass is 10.1. The number of carbonyl (C=O) groups excluding carboxylic acids is 2. The molecule has 1 aromatic carbocycles. The number of pyridine rings is 1. The zero-order valence-corrected chi connectivity index (χ0v) is 22.7. The number of fused-ring (bicyclic) bond motifs is 1. The van der Waals surface area contributed by atoms with Gasteiger partial charge in [0, 0.05) is 31.3 Å². The van der Waals surface area contributed by atoms with Crippen LogP contribution in [0.4, 0.5) is 0 Å². The van der Waals surface area contributed by atoms with E-state index >= 15 is 0 Å². The van der Waals surface area contributed by atoms with Gasteiger partial charge in [0.25, 0.3) is 5.91 Å². The summed E-state index contributed by atoms with van der Waals surface area (Å²) < 4.78 is 7.07. The zero-order chi connectivity index (χ0) is 26.9. The molecule has 0 bridgehead atoms. The van der Waals surface area contributed by atoms with Gasteiger partial charge in [-0.3, -0.25) is 9.59 Å². The Bertz CT molecular complexity index is 1240. The molecule has 2 aromatic heterocycles. The Kier molecular flexibility index (Phi) is 9.85. The molecule has 2 heterocycles. The number of hydrogen-bond donors (Lipinski definition) is 0. The van der Waals surface area contributed by atoms with Gasteiger partial charge in [-0.1, -0.05) is 39.8 Å². The van der Waals surface area contributed by atoms with E-state index in [1.54, 1.807) is 19.1 Å². The number of imidazole rings is 1. The van der Waals surface area contributed by atoms with E-state index in [9.17, 15) is 14.9 Å². The molecule has 7 nitrogen and oxygen atoms in total. The number of benzene rings is 1. The molecule has 0 saturated heterocycles. The minimum atomic E-state index is -0.274. The quantitative estimate of drug-likeness (QED) is 0.288. The van der Waals surface area contributed by atoms with E-state index in [1.165, 1.54) is 0 Å². The van der Waals surface area contributed by atoms with E-state index in [4.69, 9.17) is 9.72 Å². The molecule has 3 rings (SSSR count). The van der Waals surface area contributed by atoms with Crippen molar-refractivity contribution in [3.05, 3.63) is 59.4 Å². The summed E-state index contributed by atoms with van der Waals surface area (Å²) in [6.45, 7) is 12.2. The van der Waals surface area contributed by atoms with Crippen molar-refractivity contribution in [3.63, 3.8) is 0 Å². The smallest absolute Gasteiger partial charge is 0.306 e. The van der Waals surface area contributed by atoms with Gasteiger partial charge < -0.3 is 14.0 Å². The van der Waals surface area contributed by atoms with E-state index in [1.807, 2.05) is 39.8 Å². The Morgan fingerprint density at radius 3 is 2.24 bits per heavy atom. The fourth-order valence-corrected chi connectivity index (χ4v) is 4.17. The average molecular weight is 503 g/mol. The summed E-state index contributed by atoms with van der Waals surface area (Å²) in [6, 6.07) is 13.1. The lowest BCUT2D eigenvalue weighted by molar-refractivity contribution is -0.143. The first kappa shape index (κ1) is 27.9. The maximum absolute atomic E-state index is 13.6. The molecule has 3 aromatic rings. The second kappa shape index (κ2) is 13.0. The summed E-state index contributed by atoms with van der Waals surface area (Å²) in [4.78, 5) is 32.6. The van der Waals surface area contributed by atoms with Gasteiger partial charge in [-0.05, 0) is 55.9 Å². The maximum Gasteiger partial charge on any atom is 0.306 e. The predicted octanol–water partition coefficient (Wildman–Crippen LogP) is 5.90. The van der Waals surface area contributed by atoms with Crippen molar-refractivity contribution in [2.75, 3.05) is 19.7 Å². The molecule has 196 valence electrons. The van der Waals surface area contributed by atoms with Crippen molar-refractivity contribution in [2.24, 2.45) is 11.8 Å². The SMILES string of the molecule is CCOC(=O)CCc1c(-c2ccc(C#N)cc2)nc2ccc(C(=O)N(CCC(C)C)CCC(C)C)cn12. The van der Waals surface area contributed by atoms with Crippen LogP contribution in [0.25, 0.3) is 16.9 Å². The van der Waals surface area contributed by atoms with E-state index in [-0.39, 0.29) is 18.3 Å². The Morgan fingerprint density at radius 1 is 1.03 bits per heavy atom. The number of aromatic nitrogens is 2. The molecule has 0 N–H and O–H groups in total. The number of nitriles is 1. The Hall–Kier alpha value is -3.66. The van der Waals surface area contributed by atoms with Crippen LogP contribution < -0.4 is 0 Å². The van der Waals surface area contributed by atoms with Gasteiger partial charge in [0.2, 0.25) is 0 Å². The van der Waals surface area contributed by atoms with Crippen LogP contribution in [0.15, 0.2) is 42.6 Å². The molecular weight excluding hydrogens is 464 g/mol. The Morgan fingerprint density at radius 2 is 1.68 bits per heavy atom. The number of hydrogen-bond acceptors (Lipinski definition) is 5. The van der Waals surface area contributed by atoms with Crippen molar-refractivity contribution in [1.29, 1.82) is 5.26 Å². The summed E-state index contributed by atoms with van der Waals surface area (Å²) in [7, 11) is 0. The molecular formula is C30H38N4O3. The molecule has 0 aliphatic carbocycles. The lowest BCUT2D eigenvalue weighted by Crippen LogP contribution is -2.34. The Labute approximate surface area is 220 Å². The van der Waals surface area contributed by atoms with Crippen LogP contribution in [0.3, 0.4) is 0 Å². The molecule has 0 unspecified atom stereocenters. The summed E-state index contributed by atoms with van der Waals surface area (Å²) in [5, 5.41) is 9.17. The van der Waals surface area contributed by atoms with Crippen LogP contribution in [0.1, 0.15) is 75.5 Å². The van der Waals surface area contributed by atoms with Crippen molar-refractivity contribution >= 4 is 17.5 Å². The lowest BCUT2D eigenvalue weighted by Gasteiger charge is -2.24. The zero-order valence-electron chi connectivity index (χ0n) is 22.7. The van der Waals surface area contributed by atoms with Gasteiger partial charge in [0.1, 0.15) is 5.65 Å². The van der Waals surface area contributed by atoms with Gasteiger partial charge >= 0.3 is 5.97 Å². The highest BCUT2D eigenvalue weighted by Crippen LogP contribution is 2.27. The van der Waals surface area contributed by atoms with Gasteiger partial charge in [0.15, 0.2) is 0 Å². The first-order valence-corrected chi connectivity index (χ1v) is 13.2. The Balaban J connectivity index is 2.02. The number of aryl methyl sites for hydroxylation is 1. The van der Waals surface area contributed by atoms with Gasteiger partial charge in [-0.25, -0.2) is 4.98 Å². The molecule has 0 aliphatic rings. The topological polar surface area (TPSA) is 87.7 Å². The standard InChI is InChI=1S/C30H38N4O3/c1-6-37-28(35)14-12-26-29(24-9-7-23(19-31)8-10-24)32-27-13-11-25(20-34(26)27)30(36)33(17-15-21(2)3)18-16-22(4)5/h7-11,13,20-22H,6,12,14-18H2,1-5H3. The fourth-order valence-electron chi connectivity index (χ4n) is 4.17. The molecule has 0 atom stereocenters. The summed E-state index contributed by atoms with van der Waals surface area (Å²) >= 11 is 0. The number of carbonyl (C=O) groups is 2. The van der Waals surface area contributed by atoms with Crippen molar-refractivity contribution in [1.82, 2.24) is 14.3 Å². The molecule has 0 saturated carbocycles. The normalized spacial score (nSPS) is 11.2. The van der Waals surface area contributed by atoms with E-state index in [0.717, 1.165) is 42.9 Å². The minimum Gasteiger partial charge on any atom is -0.466 e. The molecule has 1 amide bonds. The molecule has 37 heavy (non-hydrogen) atoms. The van der Waals surface area contributed by atoms with Crippen LogP contribution in [0.2, 0.25) is 0 Å². The predicted molar refractivity (Wildman–Crippen MR) is 145 cm³/mol. The molecule has 0 spiro atoms. The number of nitrogens with zero attached hydrogens (tertiary/aromatic N) is 4. The molecule has 0 radical (unpaired) electrons. The number of esters is 1.